The molecular weight excluding hydrogens is 302 g/mol. The van der Waals surface area contributed by atoms with Crippen LogP contribution >= 0.6 is 0 Å². The molecule has 5 nitrogen and oxygen atoms in total. The predicted octanol–water partition coefficient (Wildman–Crippen LogP) is 2.97. The van der Waals surface area contributed by atoms with Gasteiger partial charge in [0.05, 0.1) is 29.7 Å². The third kappa shape index (κ3) is 3.31. The maximum absolute atomic E-state index is 11.4. The number of hydrogen-bond acceptors (Lipinski definition) is 3. The molecule has 0 aliphatic rings. The van der Waals surface area contributed by atoms with Gasteiger partial charge in [0.15, 0.2) is 0 Å². The van der Waals surface area contributed by atoms with E-state index in [9.17, 15) is 9.90 Å². The topological polar surface area (TPSA) is 67.2 Å². The number of benzene rings is 2. The number of amides is 1. The molecule has 1 heterocycles. The first-order valence-corrected chi connectivity index (χ1v) is 8.01. The highest BCUT2D eigenvalue weighted by atomic mass is 16.3. The number of nitrogens with one attached hydrogen (secondary N) is 1. The normalized spacial score (nSPS) is 13.6. The first-order chi connectivity index (χ1) is 11.6. The van der Waals surface area contributed by atoms with Crippen molar-refractivity contribution in [3.8, 4) is 0 Å². The maximum Gasteiger partial charge on any atom is 0.217 e. The Morgan fingerprint density at radius 2 is 1.83 bits per heavy atom. The minimum Gasteiger partial charge on any atom is -0.387 e. The first-order valence-electron chi connectivity index (χ1n) is 8.01. The van der Waals surface area contributed by atoms with Gasteiger partial charge in [0.1, 0.15) is 5.82 Å². The Hall–Kier alpha value is -2.66. The number of nitrogens with zero attached hydrogens (tertiary/aromatic N) is 2. The number of carbonyl (C=O) groups excluding carboxylic acids is 1. The van der Waals surface area contributed by atoms with Gasteiger partial charge in [-0.3, -0.25) is 4.79 Å². The van der Waals surface area contributed by atoms with Crippen LogP contribution in [0.25, 0.3) is 11.0 Å². The van der Waals surface area contributed by atoms with Crippen molar-refractivity contribution in [1.82, 2.24) is 14.9 Å². The van der Waals surface area contributed by atoms with Crippen molar-refractivity contribution < 1.29 is 9.90 Å². The quantitative estimate of drug-likeness (QED) is 0.758. The van der Waals surface area contributed by atoms with Crippen LogP contribution in [-0.4, -0.2) is 20.6 Å². The lowest BCUT2D eigenvalue weighted by molar-refractivity contribution is -0.119. The number of para-hydroxylation sites is 2. The molecule has 3 aromatic rings. The number of aromatic nitrogens is 2. The molecule has 0 saturated heterocycles. The van der Waals surface area contributed by atoms with Crippen LogP contribution in [0.4, 0.5) is 0 Å². The molecule has 3 rings (SSSR count). The minimum atomic E-state index is -0.646. The Morgan fingerprint density at radius 1 is 1.17 bits per heavy atom. The predicted molar refractivity (Wildman–Crippen MR) is 93.4 cm³/mol. The van der Waals surface area contributed by atoms with Crippen LogP contribution in [0.15, 0.2) is 54.6 Å². The summed E-state index contributed by atoms with van der Waals surface area (Å²) in [6.45, 7) is 3.76. The van der Waals surface area contributed by atoms with Crippen LogP contribution in [-0.2, 0) is 11.3 Å². The zero-order valence-electron chi connectivity index (χ0n) is 13.8. The fraction of sp³-hybridized carbons (Fsp3) is 0.263. The van der Waals surface area contributed by atoms with Gasteiger partial charge in [-0.05, 0) is 24.6 Å². The van der Waals surface area contributed by atoms with Gasteiger partial charge in [-0.1, -0.05) is 42.5 Å². The summed E-state index contributed by atoms with van der Waals surface area (Å²) in [6.07, 6.45) is -0.646. The molecule has 0 radical (unpaired) electrons. The number of aliphatic hydroxyl groups excluding tert-OH is 1. The van der Waals surface area contributed by atoms with E-state index in [0.717, 1.165) is 22.4 Å². The first kappa shape index (κ1) is 16.2. The number of hydrogen-bond donors (Lipinski definition) is 2. The monoisotopic (exact) mass is 323 g/mol. The minimum absolute atomic E-state index is 0.107. The van der Waals surface area contributed by atoms with Gasteiger partial charge in [-0.15, -0.1) is 0 Å². The van der Waals surface area contributed by atoms with E-state index >= 15 is 0 Å². The number of imidazole rings is 1. The summed E-state index contributed by atoms with van der Waals surface area (Å²) in [5.41, 5.74) is 2.65. The Labute approximate surface area is 141 Å². The molecule has 0 bridgehead atoms. The smallest absolute Gasteiger partial charge is 0.217 e. The van der Waals surface area contributed by atoms with E-state index in [2.05, 4.69) is 10.3 Å². The molecule has 24 heavy (non-hydrogen) atoms. The fourth-order valence-corrected chi connectivity index (χ4v) is 2.94. The Morgan fingerprint density at radius 3 is 2.54 bits per heavy atom. The third-order valence-electron chi connectivity index (χ3n) is 4.03. The van der Waals surface area contributed by atoms with E-state index in [-0.39, 0.29) is 11.9 Å². The van der Waals surface area contributed by atoms with Crippen molar-refractivity contribution in [2.24, 2.45) is 0 Å². The Bertz CT molecular complexity index is 842. The number of fused-ring (bicyclic) bond motifs is 1. The SMILES string of the molecule is CC(=O)N[C@@H](C)c1nc2ccccc2n1C[C@H](O)c1ccccc1. The molecule has 0 saturated carbocycles. The maximum atomic E-state index is 11.4. The van der Waals surface area contributed by atoms with Crippen molar-refractivity contribution >= 4 is 16.9 Å². The molecule has 0 fully saturated rings. The molecule has 2 aromatic carbocycles. The zero-order valence-corrected chi connectivity index (χ0v) is 13.8. The average molecular weight is 323 g/mol. The highest BCUT2D eigenvalue weighted by molar-refractivity contribution is 5.77. The number of carbonyl (C=O) groups is 1. The average Bonchev–Trinajstić information content (AvgIpc) is 2.94. The van der Waals surface area contributed by atoms with Gasteiger partial charge < -0.3 is 15.0 Å². The molecule has 0 spiro atoms. The molecule has 1 amide bonds. The van der Waals surface area contributed by atoms with Gasteiger partial charge in [0, 0.05) is 6.92 Å². The van der Waals surface area contributed by atoms with Gasteiger partial charge in [0.25, 0.3) is 0 Å². The second-order valence-corrected chi connectivity index (χ2v) is 5.92. The largest absolute Gasteiger partial charge is 0.387 e. The second-order valence-electron chi connectivity index (χ2n) is 5.92. The van der Waals surface area contributed by atoms with Crippen LogP contribution in [0.3, 0.4) is 0 Å². The van der Waals surface area contributed by atoms with Gasteiger partial charge in [-0.2, -0.15) is 0 Å². The van der Waals surface area contributed by atoms with E-state index in [1.807, 2.05) is 66.1 Å². The summed E-state index contributed by atoms with van der Waals surface area (Å²) in [6, 6.07) is 17.1. The molecule has 0 aliphatic heterocycles. The summed E-state index contributed by atoms with van der Waals surface area (Å²) < 4.78 is 1.98. The van der Waals surface area contributed by atoms with Crippen molar-refractivity contribution in [3.63, 3.8) is 0 Å². The fourth-order valence-electron chi connectivity index (χ4n) is 2.94. The second kappa shape index (κ2) is 6.84. The van der Waals surface area contributed by atoms with Gasteiger partial charge in [-0.25, -0.2) is 4.98 Å². The van der Waals surface area contributed by atoms with Crippen molar-refractivity contribution in [2.75, 3.05) is 0 Å². The lowest BCUT2D eigenvalue weighted by atomic mass is 10.1. The van der Waals surface area contributed by atoms with Crippen molar-refractivity contribution in [3.05, 3.63) is 66.0 Å². The molecule has 0 aliphatic carbocycles. The Kier molecular flexibility index (Phi) is 4.62. The van der Waals surface area contributed by atoms with Gasteiger partial charge >= 0.3 is 0 Å². The van der Waals surface area contributed by atoms with E-state index in [0.29, 0.717) is 6.54 Å². The van der Waals surface area contributed by atoms with E-state index < -0.39 is 6.10 Å². The lowest BCUT2D eigenvalue weighted by Gasteiger charge is -2.18. The zero-order chi connectivity index (χ0) is 17.1. The summed E-state index contributed by atoms with van der Waals surface area (Å²) in [4.78, 5) is 16.0. The molecule has 0 unspecified atom stereocenters. The van der Waals surface area contributed by atoms with Gasteiger partial charge in [0.2, 0.25) is 5.91 Å². The van der Waals surface area contributed by atoms with Crippen LogP contribution < -0.4 is 5.32 Å². The van der Waals surface area contributed by atoms with Crippen LogP contribution in [0.5, 0.6) is 0 Å². The third-order valence-corrected chi connectivity index (χ3v) is 4.03. The molecular formula is C19H21N3O2. The van der Waals surface area contributed by atoms with E-state index in [1.165, 1.54) is 6.92 Å². The van der Waals surface area contributed by atoms with Crippen molar-refractivity contribution in [2.45, 2.75) is 32.5 Å². The summed E-state index contributed by atoms with van der Waals surface area (Å²) in [5, 5.41) is 13.5. The van der Waals surface area contributed by atoms with Crippen LogP contribution in [0.2, 0.25) is 0 Å². The van der Waals surface area contributed by atoms with Crippen LogP contribution in [0, 0.1) is 0 Å². The summed E-state index contributed by atoms with van der Waals surface area (Å²) in [7, 11) is 0. The summed E-state index contributed by atoms with van der Waals surface area (Å²) in [5.74, 6) is 0.631. The van der Waals surface area contributed by atoms with Crippen molar-refractivity contribution in [1.29, 1.82) is 0 Å². The van der Waals surface area contributed by atoms with E-state index in [4.69, 9.17) is 0 Å². The lowest BCUT2D eigenvalue weighted by Crippen LogP contribution is -2.27. The Balaban J connectivity index is 1.99. The summed E-state index contributed by atoms with van der Waals surface area (Å²) >= 11 is 0. The molecule has 1 aromatic heterocycles. The molecule has 2 atom stereocenters. The van der Waals surface area contributed by atoms with E-state index in [1.54, 1.807) is 0 Å². The molecule has 124 valence electrons. The highest BCUT2D eigenvalue weighted by Gasteiger charge is 2.19. The molecule has 5 heteroatoms. The highest BCUT2D eigenvalue weighted by Crippen LogP contribution is 2.24. The standard InChI is InChI=1S/C19H21N3O2/c1-13(20-14(2)23)19-21-16-10-6-7-11-17(16)22(19)12-18(24)15-8-4-3-5-9-15/h3-11,13,18,24H,12H2,1-2H3,(H,20,23)/t13-,18-/m0/s1. The number of rotatable bonds is 5. The molecule has 2 N–H and O–H groups in total. The number of aliphatic hydroxyl groups is 1. The van der Waals surface area contributed by atoms with Crippen LogP contribution in [0.1, 0.15) is 37.4 Å².